The van der Waals surface area contributed by atoms with Gasteiger partial charge in [0.25, 0.3) is 0 Å². The van der Waals surface area contributed by atoms with Gasteiger partial charge in [0, 0.05) is 5.57 Å². The first-order valence-corrected chi connectivity index (χ1v) is 3.77. The Kier molecular flexibility index (Phi) is 2.43. The van der Waals surface area contributed by atoms with Gasteiger partial charge >= 0.3 is 11.9 Å². The summed E-state index contributed by atoms with van der Waals surface area (Å²) >= 11 is 0. The maximum Gasteiger partial charge on any atom is 0.342 e. The minimum absolute atomic E-state index is 0.0812. The van der Waals surface area contributed by atoms with Crippen LogP contribution in [0.2, 0.25) is 0 Å². The van der Waals surface area contributed by atoms with Gasteiger partial charge in [-0.2, -0.15) is 0 Å². The van der Waals surface area contributed by atoms with Crippen molar-refractivity contribution >= 4 is 11.9 Å². The zero-order chi connectivity index (χ0) is 9.14. The fourth-order valence-electron chi connectivity index (χ4n) is 0.891. The monoisotopic (exact) mass is 166 g/mol. The van der Waals surface area contributed by atoms with Crippen LogP contribution in [0, 0.1) is 0 Å². The second-order valence-electron chi connectivity index (χ2n) is 2.62. The maximum absolute atomic E-state index is 10.9. The molecule has 0 saturated carbocycles. The van der Waals surface area contributed by atoms with Gasteiger partial charge in [0.15, 0.2) is 0 Å². The smallest absolute Gasteiger partial charge is 0.342 e. The van der Waals surface area contributed by atoms with E-state index < -0.39 is 11.9 Å². The van der Waals surface area contributed by atoms with Crippen molar-refractivity contribution in [1.29, 1.82) is 0 Å². The molecule has 3 heteroatoms. The van der Waals surface area contributed by atoms with Crippen molar-refractivity contribution in [2.24, 2.45) is 0 Å². The van der Waals surface area contributed by atoms with Crippen molar-refractivity contribution in [3.05, 3.63) is 23.8 Å². The summed E-state index contributed by atoms with van der Waals surface area (Å²) in [5.41, 5.74) is 1.24. The molecule has 1 aliphatic rings. The average molecular weight is 166 g/mol. The van der Waals surface area contributed by atoms with Gasteiger partial charge in [-0.1, -0.05) is 19.1 Å². The third-order valence-electron chi connectivity index (χ3n) is 1.64. The molecule has 1 heterocycles. The molecule has 0 aliphatic carbocycles. The predicted molar refractivity (Wildman–Crippen MR) is 43.2 cm³/mol. The molecule has 64 valence electrons. The van der Waals surface area contributed by atoms with Crippen LogP contribution in [-0.2, 0) is 14.3 Å². The molecule has 1 fully saturated rings. The lowest BCUT2D eigenvalue weighted by molar-refractivity contribution is -0.151. The highest BCUT2D eigenvalue weighted by atomic mass is 16.6. The number of hydrogen-bond acceptors (Lipinski definition) is 3. The van der Waals surface area contributed by atoms with Gasteiger partial charge in [0.05, 0.1) is 6.42 Å². The molecule has 0 N–H and O–H groups in total. The molecule has 0 aromatic heterocycles. The summed E-state index contributed by atoms with van der Waals surface area (Å²) in [6.07, 6.45) is 2.47. The number of allylic oxidation sites excluding steroid dienone is 2. The van der Waals surface area contributed by atoms with Crippen LogP contribution in [0.4, 0.5) is 0 Å². The van der Waals surface area contributed by atoms with Crippen LogP contribution in [-0.4, -0.2) is 11.9 Å². The zero-order valence-electron chi connectivity index (χ0n) is 6.92. The Balaban J connectivity index is 2.76. The molecule has 1 rings (SSSR count). The summed E-state index contributed by atoms with van der Waals surface area (Å²) in [5.74, 6) is -1.01. The number of carbonyl (C=O) groups excluding carboxylic acids is 2. The molecule has 0 unspecified atom stereocenters. The van der Waals surface area contributed by atoms with Crippen LogP contribution in [0.1, 0.15) is 19.8 Å². The lowest BCUT2D eigenvalue weighted by Crippen LogP contribution is -1.97. The van der Waals surface area contributed by atoms with E-state index in [-0.39, 0.29) is 6.42 Å². The molecule has 0 aromatic carbocycles. The second-order valence-corrected chi connectivity index (χ2v) is 2.62. The zero-order valence-corrected chi connectivity index (χ0v) is 6.92. The van der Waals surface area contributed by atoms with Crippen LogP contribution in [0.25, 0.3) is 0 Å². The van der Waals surface area contributed by atoms with Gasteiger partial charge in [-0.05, 0) is 12.5 Å². The quantitative estimate of drug-likeness (QED) is 0.353. The Labute approximate surface area is 70.7 Å². The summed E-state index contributed by atoms with van der Waals surface area (Å²) in [7, 11) is 0. The molecule has 0 amide bonds. The van der Waals surface area contributed by atoms with E-state index in [9.17, 15) is 9.59 Å². The summed E-state index contributed by atoms with van der Waals surface area (Å²) in [4.78, 5) is 21.5. The Bertz CT molecular complexity index is 273. The molecule has 0 radical (unpaired) electrons. The first-order chi connectivity index (χ1) is 5.63. The Morgan fingerprint density at radius 2 is 2.33 bits per heavy atom. The van der Waals surface area contributed by atoms with Gasteiger partial charge in [-0.3, -0.25) is 4.79 Å². The molecule has 12 heavy (non-hydrogen) atoms. The third kappa shape index (κ3) is 1.81. The van der Waals surface area contributed by atoms with Crippen LogP contribution in [0.15, 0.2) is 23.8 Å². The summed E-state index contributed by atoms with van der Waals surface area (Å²) in [5, 5.41) is 0. The van der Waals surface area contributed by atoms with Crippen LogP contribution >= 0.6 is 0 Å². The van der Waals surface area contributed by atoms with Crippen molar-refractivity contribution in [3.8, 4) is 0 Å². The molecular formula is C9H10O3. The molecule has 1 aliphatic heterocycles. The highest BCUT2D eigenvalue weighted by molar-refractivity contribution is 6.06. The van der Waals surface area contributed by atoms with Crippen molar-refractivity contribution < 1.29 is 14.3 Å². The average Bonchev–Trinajstić information content (AvgIpc) is 2.30. The van der Waals surface area contributed by atoms with E-state index in [2.05, 4.69) is 11.3 Å². The Hall–Kier alpha value is -1.38. The summed E-state index contributed by atoms with van der Waals surface area (Å²) < 4.78 is 4.33. The standard InChI is InChI=1S/C9H10O3/c1-3-6(2)4-7-5-8(10)12-9(7)11/h4H,2-3,5H2,1H3. The van der Waals surface area contributed by atoms with Crippen LogP contribution in [0.3, 0.4) is 0 Å². The van der Waals surface area contributed by atoms with E-state index in [0.29, 0.717) is 5.57 Å². The number of ether oxygens (including phenoxy) is 1. The first-order valence-electron chi connectivity index (χ1n) is 3.77. The van der Waals surface area contributed by atoms with Crippen molar-refractivity contribution in [2.75, 3.05) is 0 Å². The topological polar surface area (TPSA) is 43.4 Å². The van der Waals surface area contributed by atoms with Crippen molar-refractivity contribution in [2.45, 2.75) is 19.8 Å². The largest absolute Gasteiger partial charge is 0.389 e. The van der Waals surface area contributed by atoms with Gasteiger partial charge in [0.1, 0.15) is 0 Å². The van der Waals surface area contributed by atoms with Gasteiger partial charge < -0.3 is 4.74 Å². The van der Waals surface area contributed by atoms with Crippen LogP contribution in [0.5, 0.6) is 0 Å². The normalized spacial score (nSPS) is 19.9. The van der Waals surface area contributed by atoms with Crippen molar-refractivity contribution in [1.82, 2.24) is 0 Å². The first kappa shape index (κ1) is 8.71. The highest BCUT2D eigenvalue weighted by Crippen LogP contribution is 2.16. The molecule has 0 spiro atoms. The number of cyclic esters (lactones) is 2. The lowest BCUT2D eigenvalue weighted by Gasteiger charge is -1.92. The molecule has 0 atom stereocenters. The third-order valence-corrected chi connectivity index (χ3v) is 1.64. The summed E-state index contributed by atoms with van der Waals surface area (Å²) in [6, 6.07) is 0. The molecule has 1 saturated heterocycles. The minimum atomic E-state index is -0.533. The second kappa shape index (κ2) is 3.34. The lowest BCUT2D eigenvalue weighted by atomic mass is 10.1. The molecular weight excluding hydrogens is 156 g/mol. The summed E-state index contributed by atoms with van der Waals surface area (Å²) in [6.45, 7) is 5.63. The van der Waals surface area contributed by atoms with Gasteiger partial charge in [-0.15, -0.1) is 0 Å². The predicted octanol–water partition coefficient (Wildman–Crippen LogP) is 1.35. The van der Waals surface area contributed by atoms with E-state index >= 15 is 0 Å². The highest BCUT2D eigenvalue weighted by Gasteiger charge is 2.26. The number of rotatable bonds is 2. The molecule has 0 bridgehead atoms. The minimum Gasteiger partial charge on any atom is -0.389 e. The molecule has 0 aromatic rings. The van der Waals surface area contributed by atoms with E-state index in [4.69, 9.17) is 0 Å². The fraction of sp³-hybridized carbons (Fsp3) is 0.333. The van der Waals surface area contributed by atoms with Crippen molar-refractivity contribution in [3.63, 3.8) is 0 Å². The van der Waals surface area contributed by atoms with E-state index in [1.165, 1.54) is 0 Å². The SMILES string of the molecule is C=C(C=C1CC(=O)OC1=O)CC. The van der Waals surface area contributed by atoms with Gasteiger partial charge in [-0.25, -0.2) is 4.79 Å². The number of hydrogen-bond donors (Lipinski definition) is 0. The number of esters is 2. The van der Waals surface area contributed by atoms with Crippen LogP contribution < -0.4 is 0 Å². The maximum atomic E-state index is 10.9. The Morgan fingerprint density at radius 1 is 1.67 bits per heavy atom. The fourth-order valence-corrected chi connectivity index (χ4v) is 0.891. The van der Waals surface area contributed by atoms with E-state index in [1.54, 1.807) is 6.08 Å². The molecule has 3 nitrogen and oxygen atoms in total. The van der Waals surface area contributed by atoms with E-state index in [0.717, 1.165) is 12.0 Å². The number of carbonyl (C=O) groups is 2. The van der Waals surface area contributed by atoms with Gasteiger partial charge in [0.2, 0.25) is 0 Å². The van der Waals surface area contributed by atoms with E-state index in [1.807, 2.05) is 6.92 Å². The Morgan fingerprint density at radius 3 is 2.75 bits per heavy atom.